The molecule has 138 valence electrons. The Kier molecular flexibility index (Phi) is 5.76. The first-order valence-corrected chi connectivity index (χ1v) is 9.40. The van der Waals surface area contributed by atoms with E-state index in [-0.39, 0.29) is 5.91 Å². The van der Waals surface area contributed by atoms with Crippen LogP contribution in [0, 0.1) is 5.92 Å². The second kappa shape index (κ2) is 8.21. The van der Waals surface area contributed by atoms with Crippen LogP contribution in [0.25, 0.3) is 0 Å². The SMILES string of the molecule is CC1CCN(c2ccc(NC(=O)c3cc(NC(C)C)ccn3)cc2)CC1. The molecule has 1 aliphatic heterocycles. The zero-order chi connectivity index (χ0) is 18.5. The van der Waals surface area contributed by atoms with Gasteiger partial charge in [-0.15, -0.1) is 0 Å². The third-order valence-corrected chi connectivity index (χ3v) is 4.72. The van der Waals surface area contributed by atoms with Gasteiger partial charge in [0.05, 0.1) is 0 Å². The van der Waals surface area contributed by atoms with Crippen LogP contribution in [0.1, 0.15) is 44.1 Å². The van der Waals surface area contributed by atoms with Crippen molar-refractivity contribution in [1.29, 1.82) is 0 Å². The third kappa shape index (κ3) is 4.75. The zero-order valence-electron chi connectivity index (χ0n) is 15.8. The van der Waals surface area contributed by atoms with Gasteiger partial charge < -0.3 is 15.5 Å². The first kappa shape index (κ1) is 18.2. The second-order valence-electron chi connectivity index (χ2n) is 7.40. The molecular formula is C21H28N4O. The highest BCUT2D eigenvalue weighted by atomic mass is 16.1. The molecule has 1 saturated heterocycles. The van der Waals surface area contributed by atoms with Crippen LogP contribution in [0.5, 0.6) is 0 Å². The minimum atomic E-state index is -0.197. The summed E-state index contributed by atoms with van der Waals surface area (Å²) in [5.74, 6) is 0.621. The maximum absolute atomic E-state index is 12.5. The van der Waals surface area contributed by atoms with E-state index in [1.54, 1.807) is 12.3 Å². The van der Waals surface area contributed by atoms with Crippen LogP contribution in [0.4, 0.5) is 17.1 Å². The normalized spacial score (nSPS) is 15.2. The largest absolute Gasteiger partial charge is 0.383 e. The monoisotopic (exact) mass is 352 g/mol. The van der Waals surface area contributed by atoms with E-state index >= 15 is 0 Å². The van der Waals surface area contributed by atoms with E-state index in [0.717, 1.165) is 30.4 Å². The molecule has 0 radical (unpaired) electrons. The maximum atomic E-state index is 12.5. The van der Waals surface area contributed by atoms with Crippen molar-refractivity contribution in [3.8, 4) is 0 Å². The van der Waals surface area contributed by atoms with E-state index in [4.69, 9.17) is 0 Å². The summed E-state index contributed by atoms with van der Waals surface area (Å²) in [4.78, 5) is 19.1. The quantitative estimate of drug-likeness (QED) is 0.838. The van der Waals surface area contributed by atoms with Crippen molar-refractivity contribution in [2.24, 2.45) is 5.92 Å². The molecule has 0 aliphatic carbocycles. The number of pyridine rings is 1. The molecule has 1 aromatic carbocycles. The summed E-state index contributed by atoms with van der Waals surface area (Å²) in [5.41, 5.74) is 3.31. The predicted octanol–water partition coefficient (Wildman–Crippen LogP) is 4.39. The molecule has 1 fully saturated rings. The molecule has 1 aliphatic rings. The number of nitrogens with one attached hydrogen (secondary N) is 2. The van der Waals surface area contributed by atoms with Crippen LogP contribution < -0.4 is 15.5 Å². The van der Waals surface area contributed by atoms with Gasteiger partial charge in [-0.25, -0.2) is 0 Å². The number of hydrogen-bond donors (Lipinski definition) is 2. The van der Waals surface area contributed by atoms with Crippen molar-refractivity contribution in [3.05, 3.63) is 48.3 Å². The minimum absolute atomic E-state index is 0.197. The van der Waals surface area contributed by atoms with Gasteiger partial charge in [-0.1, -0.05) is 6.92 Å². The summed E-state index contributed by atoms with van der Waals surface area (Å²) in [5, 5.41) is 6.21. The number of hydrogen-bond acceptors (Lipinski definition) is 4. The van der Waals surface area contributed by atoms with Gasteiger partial charge in [-0.05, 0) is 69.0 Å². The van der Waals surface area contributed by atoms with Crippen LogP contribution in [0.2, 0.25) is 0 Å². The molecule has 5 nitrogen and oxygen atoms in total. The van der Waals surface area contributed by atoms with Gasteiger partial charge in [0.15, 0.2) is 0 Å². The van der Waals surface area contributed by atoms with E-state index in [0.29, 0.717) is 11.7 Å². The molecule has 5 heteroatoms. The fourth-order valence-corrected chi connectivity index (χ4v) is 3.20. The van der Waals surface area contributed by atoms with Gasteiger partial charge in [-0.3, -0.25) is 9.78 Å². The Balaban J connectivity index is 1.63. The van der Waals surface area contributed by atoms with Crippen molar-refractivity contribution >= 4 is 23.0 Å². The van der Waals surface area contributed by atoms with Crippen molar-refractivity contribution in [3.63, 3.8) is 0 Å². The molecule has 0 unspecified atom stereocenters. The van der Waals surface area contributed by atoms with Gasteiger partial charge in [0, 0.05) is 42.4 Å². The summed E-state index contributed by atoms with van der Waals surface area (Å²) in [6.07, 6.45) is 4.13. The second-order valence-corrected chi connectivity index (χ2v) is 7.40. The Hall–Kier alpha value is -2.56. The van der Waals surface area contributed by atoms with E-state index < -0.39 is 0 Å². The molecular weight excluding hydrogens is 324 g/mol. The Morgan fingerprint density at radius 1 is 1.12 bits per heavy atom. The molecule has 0 atom stereocenters. The summed E-state index contributed by atoms with van der Waals surface area (Å²) in [6, 6.07) is 12.0. The number of piperidine rings is 1. The van der Waals surface area contributed by atoms with Gasteiger partial charge in [0.2, 0.25) is 0 Å². The highest BCUT2D eigenvalue weighted by molar-refractivity contribution is 6.03. The molecule has 3 rings (SSSR count). The molecule has 0 spiro atoms. The number of carbonyl (C=O) groups excluding carboxylic acids is 1. The van der Waals surface area contributed by atoms with Crippen LogP contribution in [0.3, 0.4) is 0 Å². The Morgan fingerprint density at radius 3 is 2.46 bits per heavy atom. The van der Waals surface area contributed by atoms with Gasteiger partial charge in [0.1, 0.15) is 5.69 Å². The lowest BCUT2D eigenvalue weighted by atomic mass is 9.99. The molecule has 2 aromatic rings. The summed E-state index contributed by atoms with van der Waals surface area (Å²) in [6.45, 7) is 8.64. The Bertz CT molecular complexity index is 734. The summed E-state index contributed by atoms with van der Waals surface area (Å²) >= 11 is 0. The van der Waals surface area contributed by atoms with Crippen LogP contribution in [-0.2, 0) is 0 Å². The lowest BCUT2D eigenvalue weighted by Gasteiger charge is -2.32. The highest BCUT2D eigenvalue weighted by Gasteiger charge is 2.16. The highest BCUT2D eigenvalue weighted by Crippen LogP contribution is 2.24. The number of benzene rings is 1. The molecule has 1 amide bonds. The summed E-state index contributed by atoms with van der Waals surface area (Å²) in [7, 11) is 0. The van der Waals surface area contributed by atoms with Crippen LogP contribution in [0.15, 0.2) is 42.6 Å². The smallest absolute Gasteiger partial charge is 0.274 e. The molecule has 0 bridgehead atoms. The first-order valence-electron chi connectivity index (χ1n) is 9.40. The summed E-state index contributed by atoms with van der Waals surface area (Å²) < 4.78 is 0. The molecule has 1 aromatic heterocycles. The van der Waals surface area contributed by atoms with E-state index in [1.165, 1.54) is 18.5 Å². The minimum Gasteiger partial charge on any atom is -0.383 e. The number of amides is 1. The third-order valence-electron chi connectivity index (χ3n) is 4.72. The number of rotatable bonds is 5. The lowest BCUT2D eigenvalue weighted by molar-refractivity contribution is 0.102. The molecule has 0 saturated carbocycles. The van der Waals surface area contributed by atoms with Crippen molar-refractivity contribution < 1.29 is 4.79 Å². The number of anilines is 3. The topological polar surface area (TPSA) is 57.3 Å². The van der Waals surface area contributed by atoms with Gasteiger partial charge in [0.25, 0.3) is 5.91 Å². The van der Waals surface area contributed by atoms with Gasteiger partial charge in [-0.2, -0.15) is 0 Å². The standard InChI is InChI=1S/C21H28N4O/c1-15(2)23-18-8-11-22-20(14-18)21(26)24-17-4-6-19(7-5-17)25-12-9-16(3)10-13-25/h4-8,11,14-16H,9-10,12-13H2,1-3H3,(H,22,23)(H,24,26). The Morgan fingerprint density at radius 2 is 1.81 bits per heavy atom. The van der Waals surface area contributed by atoms with Crippen molar-refractivity contribution in [2.75, 3.05) is 28.6 Å². The number of aromatic nitrogens is 1. The fourth-order valence-electron chi connectivity index (χ4n) is 3.20. The average Bonchev–Trinajstić information content (AvgIpc) is 2.63. The predicted molar refractivity (Wildman–Crippen MR) is 108 cm³/mol. The average molecular weight is 352 g/mol. The van der Waals surface area contributed by atoms with Crippen molar-refractivity contribution in [1.82, 2.24) is 4.98 Å². The number of carbonyl (C=O) groups is 1. The Labute approximate surface area is 155 Å². The van der Waals surface area contributed by atoms with Crippen molar-refractivity contribution in [2.45, 2.75) is 39.7 Å². The zero-order valence-corrected chi connectivity index (χ0v) is 15.8. The number of nitrogens with zero attached hydrogens (tertiary/aromatic N) is 2. The van der Waals surface area contributed by atoms with E-state index in [1.807, 2.05) is 18.2 Å². The molecule has 2 N–H and O–H groups in total. The van der Waals surface area contributed by atoms with Crippen LogP contribution >= 0.6 is 0 Å². The molecule has 26 heavy (non-hydrogen) atoms. The maximum Gasteiger partial charge on any atom is 0.274 e. The van der Waals surface area contributed by atoms with E-state index in [2.05, 4.69) is 53.4 Å². The first-order chi connectivity index (χ1) is 12.5. The fraction of sp³-hybridized carbons (Fsp3) is 0.429. The van der Waals surface area contributed by atoms with Crippen LogP contribution in [-0.4, -0.2) is 30.0 Å². The van der Waals surface area contributed by atoms with Gasteiger partial charge >= 0.3 is 0 Å². The lowest BCUT2D eigenvalue weighted by Crippen LogP contribution is -2.32. The molecule has 2 heterocycles. The van der Waals surface area contributed by atoms with E-state index in [9.17, 15) is 4.79 Å².